The van der Waals surface area contributed by atoms with Crippen LogP contribution in [0.5, 0.6) is 11.5 Å². The van der Waals surface area contributed by atoms with Crippen molar-refractivity contribution in [3.05, 3.63) is 66.2 Å². The number of ether oxygens (including phenoxy) is 3. The average molecular weight is 377 g/mol. The van der Waals surface area contributed by atoms with Crippen LogP contribution in [-0.2, 0) is 9.53 Å². The van der Waals surface area contributed by atoms with E-state index in [-0.39, 0.29) is 0 Å². The molecule has 1 atom stereocenters. The molecular weight excluding hydrogens is 358 g/mol. The van der Waals surface area contributed by atoms with E-state index in [0.717, 1.165) is 10.8 Å². The molecule has 28 heavy (non-hydrogen) atoms. The van der Waals surface area contributed by atoms with E-state index >= 15 is 0 Å². The molecule has 4 rings (SSSR count). The lowest BCUT2D eigenvalue weighted by atomic mass is 10.0. The molecule has 0 bridgehead atoms. The van der Waals surface area contributed by atoms with E-state index in [1.807, 2.05) is 30.3 Å². The number of nitrogens with one attached hydrogen (secondary N) is 1. The van der Waals surface area contributed by atoms with Gasteiger partial charge in [0.15, 0.2) is 17.6 Å². The number of rotatable bonds is 4. The Morgan fingerprint density at radius 1 is 0.964 bits per heavy atom. The number of fused-ring (bicyclic) bond motifs is 2. The zero-order chi connectivity index (χ0) is 19.5. The lowest BCUT2D eigenvalue weighted by Gasteiger charge is -2.19. The van der Waals surface area contributed by atoms with Crippen molar-refractivity contribution < 1.29 is 23.8 Å². The van der Waals surface area contributed by atoms with E-state index in [4.69, 9.17) is 14.2 Å². The summed E-state index contributed by atoms with van der Waals surface area (Å²) in [6.07, 6.45) is -0.959. The first-order valence-corrected chi connectivity index (χ1v) is 9.01. The van der Waals surface area contributed by atoms with Crippen molar-refractivity contribution in [1.82, 2.24) is 0 Å². The summed E-state index contributed by atoms with van der Waals surface area (Å²) in [6, 6.07) is 18.1. The Kier molecular flexibility index (Phi) is 4.85. The second kappa shape index (κ2) is 7.60. The molecule has 3 aromatic carbocycles. The van der Waals surface area contributed by atoms with Gasteiger partial charge in [-0.15, -0.1) is 0 Å². The smallest absolute Gasteiger partial charge is 0.339 e. The molecule has 3 aromatic rings. The molecule has 1 amide bonds. The number of anilines is 1. The van der Waals surface area contributed by atoms with Gasteiger partial charge >= 0.3 is 5.97 Å². The summed E-state index contributed by atoms with van der Waals surface area (Å²) in [5, 5.41) is 4.46. The van der Waals surface area contributed by atoms with Crippen LogP contribution in [0.2, 0.25) is 0 Å². The first kappa shape index (κ1) is 17.9. The molecule has 6 nitrogen and oxygen atoms in total. The Bertz CT molecular complexity index is 1040. The van der Waals surface area contributed by atoms with Crippen molar-refractivity contribution in [2.45, 2.75) is 13.0 Å². The van der Waals surface area contributed by atoms with Gasteiger partial charge in [0.25, 0.3) is 5.91 Å². The molecule has 0 saturated carbocycles. The highest BCUT2D eigenvalue weighted by molar-refractivity contribution is 6.05. The maximum Gasteiger partial charge on any atom is 0.339 e. The van der Waals surface area contributed by atoms with E-state index in [1.165, 1.54) is 6.92 Å². The highest BCUT2D eigenvalue weighted by Crippen LogP contribution is 2.32. The van der Waals surface area contributed by atoms with Crippen LogP contribution in [0.4, 0.5) is 5.69 Å². The van der Waals surface area contributed by atoms with Gasteiger partial charge in [-0.1, -0.05) is 36.4 Å². The predicted molar refractivity (Wildman–Crippen MR) is 105 cm³/mol. The van der Waals surface area contributed by atoms with Crippen molar-refractivity contribution in [2.75, 3.05) is 18.5 Å². The van der Waals surface area contributed by atoms with E-state index in [0.29, 0.717) is 36.0 Å². The van der Waals surface area contributed by atoms with Crippen molar-refractivity contribution in [2.24, 2.45) is 0 Å². The summed E-state index contributed by atoms with van der Waals surface area (Å²) in [7, 11) is 0. The lowest BCUT2D eigenvalue weighted by molar-refractivity contribution is -0.123. The number of carbonyl (C=O) groups excluding carboxylic acids is 2. The molecule has 0 unspecified atom stereocenters. The largest absolute Gasteiger partial charge is 0.486 e. The first-order chi connectivity index (χ1) is 13.6. The van der Waals surface area contributed by atoms with Crippen molar-refractivity contribution in [3.63, 3.8) is 0 Å². The number of amides is 1. The number of hydrogen-bond donors (Lipinski definition) is 1. The van der Waals surface area contributed by atoms with Gasteiger partial charge < -0.3 is 19.5 Å². The normalized spacial score (nSPS) is 13.6. The van der Waals surface area contributed by atoms with Crippen LogP contribution in [0.15, 0.2) is 60.7 Å². The summed E-state index contributed by atoms with van der Waals surface area (Å²) in [5.41, 5.74) is 0.972. The van der Waals surface area contributed by atoms with Crippen LogP contribution in [-0.4, -0.2) is 31.2 Å². The number of esters is 1. The zero-order valence-electron chi connectivity index (χ0n) is 15.3. The fourth-order valence-corrected chi connectivity index (χ4v) is 3.05. The molecule has 6 heteroatoms. The molecule has 0 aromatic heterocycles. The Morgan fingerprint density at radius 2 is 1.71 bits per heavy atom. The summed E-state index contributed by atoms with van der Waals surface area (Å²) in [5.74, 6) is 0.246. The van der Waals surface area contributed by atoms with Crippen LogP contribution in [0.25, 0.3) is 10.8 Å². The molecule has 1 heterocycles. The Morgan fingerprint density at radius 3 is 2.57 bits per heavy atom. The van der Waals surface area contributed by atoms with Crippen molar-refractivity contribution >= 4 is 28.3 Å². The Hall–Kier alpha value is -3.54. The first-order valence-electron chi connectivity index (χ1n) is 9.01. The molecule has 1 N–H and O–H groups in total. The van der Waals surface area contributed by atoms with Crippen molar-refractivity contribution in [3.8, 4) is 11.5 Å². The second-order valence-corrected chi connectivity index (χ2v) is 6.42. The van der Waals surface area contributed by atoms with Crippen LogP contribution in [0.1, 0.15) is 17.3 Å². The molecule has 142 valence electrons. The minimum absolute atomic E-state index is 0.426. The summed E-state index contributed by atoms with van der Waals surface area (Å²) in [6.45, 7) is 2.50. The third kappa shape index (κ3) is 3.62. The van der Waals surface area contributed by atoms with Crippen molar-refractivity contribution in [1.29, 1.82) is 0 Å². The van der Waals surface area contributed by atoms with Gasteiger partial charge in [0, 0.05) is 11.8 Å². The van der Waals surface area contributed by atoms with Gasteiger partial charge in [0.1, 0.15) is 13.2 Å². The molecule has 1 aliphatic heterocycles. The Balaban J connectivity index is 1.45. The van der Waals surface area contributed by atoms with Gasteiger partial charge in [-0.3, -0.25) is 4.79 Å². The molecular formula is C22H19NO5. The minimum Gasteiger partial charge on any atom is -0.486 e. The molecule has 0 spiro atoms. The molecule has 0 aliphatic carbocycles. The standard InChI is InChI=1S/C22H19NO5/c1-14(21(24)23-16-9-10-19-20(13-16)27-12-11-26-19)28-22(25)18-8-4-6-15-5-2-3-7-17(15)18/h2-10,13-14H,11-12H2,1H3,(H,23,24)/t14-/m0/s1. The highest BCUT2D eigenvalue weighted by Gasteiger charge is 2.21. The maximum atomic E-state index is 12.6. The molecule has 1 aliphatic rings. The van der Waals surface area contributed by atoms with E-state index < -0.39 is 18.0 Å². The topological polar surface area (TPSA) is 73.9 Å². The predicted octanol–water partition coefficient (Wildman–Crippen LogP) is 3.80. The minimum atomic E-state index is -0.959. The molecule has 0 saturated heterocycles. The van der Waals surface area contributed by atoms with Crippen LogP contribution in [0.3, 0.4) is 0 Å². The lowest BCUT2D eigenvalue weighted by Crippen LogP contribution is -2.30. The van der Waals surface area contributed by atoms with Gasteiger partial charge in [0.05, 0.1) is 5.56 Å². The average Bonchev–Trinajstić information content (AvgIpc) is 2.73. The molecule has 0 radical (unpaired) electrons. The number of hydrogen-bond acceptors (Lipinski definition) is 5. The van der Waals surface area contributed by atoms with Gasteiger partial charge in [-0.05, 0) is 35.9 Å². The second-order valence-electron chi connectivity index (χ2n) is 6.42. The SMILES string of the molecule is C[C@H](OC(=O)c1cccc2ccccc12)C(=O)Nc1ccc2c(c1)OCCO2. The van der Waals surface area contributed by atoms with E-state index in [1.54, 1.807) is 30.3 Å². The monoisotopic (exact) mass is 377 g/mol. The van der Waals surface area contributed by atoms with Crippen LogP contribution < -0.4 is 14.8 Å². The number of benzene rings is 3. The highest BCUT2D eigenvalue weighted by atomic mass is 16.6. The van der Waals surface area contributed by atoms with E-state index in [2.05, 4.69) is 5.32 Å². The molecule has 0 fully saturated rings. The third-order valence-electron chi connectivity index (χ3n) is 4.47. The fourth-order valence-electron chi connectivity index (χ4n) is 3.05. The van der Waals surface area contributed by atoms with Crippen LogP contribution >= 0.6 is 0 Å². The summed E-state index contributed by atoms with van der Waals surface area (Å²) >= 11 is 0. The quantitative estimate of drug-likeness (QED) is 0.700. The summed E-state index contributed by atoms with van der Waals surface area (Å²) in [4.78, 5) is 25.0. The maximum absolute atomic E-state index is 12.6. The van der Waals surface area contributed by atoms with Gasteiger partial charge in [-0.25, -0.2) is 4.79 Å². The van der Waals surface area contributed by atoms with E-state index in [9.17, 15) is 9.59 Å². The van der Waals surface area contributed by atoms with Gasteiger partial charge in [-0.2, -0.15) is 0 Å². The third-order valence-corrected chi connectivity index (χ3v) is 4.47. The van der Waals surface area contributed by atoms with Crippen LogP contribution in [0, 0.1) is 0 Å². The summed E-state index contributed by atoms with van der Waals surface area (Å²) < 4.78 is 16.4. The van der Waals surface area contributed by atoms with Gasteiger partial charge in [0.2, 0.25) is 0 Å². The fraction of sp³-hybridized carbons (Fsp3) is 0.182. The Labute approximate surface area is 162 Å². The zero-order valence-corrected chi connectivity index (χ0v) is 15.3. The number of carbonyl (C=O) groups is 2.